The number of aromatic nitrogens is 4. The molecular formula is C20H22F4N6O2S. The summed E-state index contributed by atoms with van der Waals surface area (Å²) in [4.78, 5) is 10.2. The molecule has 4 rings (SSSR count). The highest BCUT2D eigenvalue weighted by molar-refractivity contribution is 7.88. The Balaban J connectivity index is 1.65. The highest BCUT2D eigenvalue weighted by atomic mass is 32.2. The van der Waals surface area contributed by atoms with Gasteiger partial charge in [-0.15, -0.1) is 0 Å². The highest BCUT2D eigenvalue weighted by Gasteiger charge is 2.49. The number of hydrogen-bond acceptors (Lipinski definition) is 6. The van der Waals surface area contributed by atoms with E-state index in [-0.39, 0.29) is 13.1 Å². The first-order valence-corrected chi connectivity index (χ1v) is 12.0. The molecule has 8 nitrogen and oxygen atoms in total. The van der Waals surface area contributed by atoms with Crippen molar-refractivity contribution >= 4 is 21.5 Å². The molecule has 2 unspecified atom stereocenters. The zero-order valence-corrected chi connectivity index (χ0v) is 18.6. The van der Waals surface area contributed by atoms with Crippen LogP contribution in [-0.4, -0.2) is 59.8 Å². The molecule has 0 radical (unpaired) electrons. The Morgan fingerprint density at radius 3 is 2.67 bits per heavy atom. The van der Waals surface area contributed by atoms with Crippen LogP contribution in [0.5, 0.6) is 0 Å². The number of rotatable bonds is 6. The van der Waals surface area contributed by atoms with Crippen molar-refractivity contribution in [2.24, 2.45) is 11.8 Å². The monoisotopic (exact) mass is 486 g/mol. The topological polar surface area (TPSA) is 92.5 Å². The molecule has 178 valence electrons. The Bertz CT molecular complexity index is 1270. The first kappa shape index (κ1) is 23.4. The lowest BCUT2D eigenvalue weighted by molar-refractivity contribution is -0.108. The van der Waals surface area contributed by atoms with Crippen molar-refractivity contribution in [1.82, 2.24) is 24.3 Å². The number of anilines is 1. The van der Waals surface area contributed by atoms with Gasteiger partial charge in [0.1, 0.15) is 11.5 Å². The smallest absolute Gasteiger partial charge is 0.282 e. The Labute approximate surface area is 187 Å². The number of alkyl halides is 4. The second-order valence-corrected chi connectivity index (χ2v) is 10.0. The van der Waals surface area contributed by atoms with E-state index >= 15 is 0 Å². The van der Waals surface area contributed by atoms with Crippen molar-refractivity contribution in [2.45, 2.75) is 19.3 Å². The quantitative estimate of drug-likeness (QED) is 0.539. The van der Waals surface area contributed by atoms with Crippen molar-refractivity contribution in [3.8, 4) is 11.3 Å². The number of piperidine rings is 1. The lowest BCUT2D eigenvalue weighted by Crippen LogP contribution is -2.56. The van der Waals surface area contributed by atoms with Crippen LogP contribution in [-0.2, 0) is 10.0 Å². The summed E-state index contributed by atoms with van der Waals surface area (Å²) in [5.41, 5.74) is 0.999. The van der Waals surface area contributed by atoms with E-state index in [0.29, 0.717) is 22.7 Å². The van der Waals surface area contributed by atoms with Gasteiger partial charge in [-0.2, -0.15) is 5.10 Å². The fourth-order valence-electron chi connectivity index (χ4n) is 3.91. The van der Waals surface area contributed by atoms with E-state index in [1.54, 1.807) is 17.0 Å². The molecule has 0 aliphatic carbocycles. The molecule has 1 saturated heterocycles. The summed E-state index contributed by atoms with van der Waals surface area (Å²) in [6.07, 6.45) is 1.15. The summed E-state index contributed by atoms with van der Waals surface area (Å²) in [5.74, 6) is -4.97. The van der Waals surface area contributed by atoms with Crippen LogP contribution >= 0.6 is 0 Å². The maximum atomic E-state index is 14.7. The van der Waals surface area contributed by atoms with E-state index in [4.69, 9.17) is 0 Å². The minimum atomic E-state index is -3.63. The van der Waals surface area contributed by atoms with E-state index in [2.05, 4.69) is 19.8 Å². The summed E-state index contributed by atoms with van der Waals surface area (Å²) in [5, 5.41) is 3.95. The summed E-state index contributed by atoms with van der Waals surface area (Å²) in [7, 11) is -3.63. The Kier molecular flexibility index (Phi) is 6.03. The molecule has 0 amide bonds. The predicted molar refractivity (Wildman–Crippen MR) is 114 cm³/mol. The number of sulfonamides is 1. The van der Waals surface area contributed by atoms with Crippen molar-refractivity contribution < 1.29 is 26.0 Å². The lowest BCUT2D eigenvalue weighted by Gasteiger charge is -2.43. The van der Waals surface area contributed by atoms with Crippen molar-refractivity contribution in [3.05, 3.63) is 42.4 Å². The summed E-state index contributed by atoms with van der Waals surface area (Å²) >= 11 is 0. The van der Waals surface area contributed by atoms with Crippen LogP contribution in [0.1, 0.15) is 19.0 Å². The van der Waals surface area contributed by atoms with Gasteiger partial charge >= 0.3 is 0 Å². The van der Waals surface area contributed by atoms with E-state index in [9.17, 15) is 26.0 Å². The second kappa shape index (κ2) is 8.52. The van der Waals surface area contributed by atoms with Crippen LogP contribution in [0, 0.1) is 11.8 Å². The number of nitrogens with one attached hydrogen (secondary N) is 1. The van der Waals surface area contributed by atoms with Crippen molar-refractivity contribution in [2.75, 3.05) is 30.8 Å². The molecule has 13 heteroatoms. The second-order valence-electron chi connectivity index (χ2n) is 8.17. The van der Waals surface area contributed by atoms with Gasteiger partial charge in [0.25, 0.3) is 12.3 Å². The van der Waals surface area contributed by atoms with Gasteiger partial charge in [-0.25, -0.2) is 45.2 Å². The number of imidazole rings is 1. The van der Waals surface area contributed by atoms with Gasteiger partial charge in [0.15, 0.2) is 5.65 Å². The first-order chi connectivity index (χ1) is 15.5. The highest BCUT2D eigenvalue weighted by Crippen LogP contribution is 2.39. The fourth-order valence-corrected chi connectivity index (χ4v) is 4.41. The third-order valence-electron chi connectivity index (χ3n) is 5.70. The third kappa shape index (κ3) is 4.78. The minimum Gasteiger partial charge on any atom is -0.356 e. The Morgan fingerprint density at radius 2 is 1.97 bits per heavy atom. The molecule has 1 aliphatic heterocycles. The summed E-state index contributed by atoms with van der Waals surface area (Å²) in [6, 6.07) is 5.94. The van der Waals surface area contributed by atoms with Gasteiger partial charge in [0.05, 0.1) is 24.1 Å². The summed E-state index contributed by atoms with van der Waals surface area (Å²) < 4.78 is 82.0. The summed E-state index contributed by atoms with van der Waals surface area (Å²) in [6.45, 7) is 0.903. The molecule has 2 atom stereocenters. The van der Waals surface area contributed by atoms with Crippen LogP contribution in [0.2, 0.25) is 0 Å². The maximum Gasteiger partial charge on any atom is 0.282 e. The van der Waals surface area contributed by atoms with Gasteiger partial charge in [0, 0.05) is 37.3 Å². The van der Waals surface area contributed by atoms with Gasteiger partial charge in [-0.3, -0.25) is 0 Å². The van der Waals surface area contributed by atoms with E-state index in [1.165, 1.54) is 36.0 Å². The van der Waals surface area contributed by atoms with Crippen LogP contribution in [0.15, 0.2) is 36.7 Å². The van der Waals surface area contributed by atoms with Gasteiger partial charge in [-0.1, -0.05) is 6.92 Å². The number of halogens is 4. The third-order valence-corrected chi connectivity index (χ3v) is 6.39. The number of fused-ring (bicyclic) bond motifs is 1. The number of hydrogen-bond donors (Lipinski definition) is 1. The normalized spacial score (nSPS) is 21.1. The molecular weight excluding hydrogens is 464 g/mol. The average Bonchev–Trinajstić information content (AvgIpc) is 3.17. The van der Waals surface area contributed by atoms with Crippen LogP contribution in [0.4, 0.5) is 23.4 Å². The number of pyridine rings is 1. The molecule has 4 heterocycles. The molecule has 3 aromatic rings. The fraction of sp³-hybridized carbons (Fsp3) is 0.450. The maximum absolute atomic E-state index is 14.7. The average molecular weight is 486 g/mol. The molecule has 3 aromatic heterocycles. The van der Waals surface area contributed by atoms with Crippen LogP contribution in [0.3, 0.4) is 0 Å². The van der Waals surface area contributed by atoms with E-state index in [0.717, 1.165) is 6.26 Å². The molecule has 1 aliphatic rings. The van der Waals surface area contributed by atoms with E-state index < -0.39 is 46.4 Å². The van der Waals surface area contributed by atoms with Gasteiger partial charge < -0.3 is 4.90 Å². The lowest BCUT2D eigenvalue weighted by atomic mass is 9.86. The van der Waals surface area contributed by atoms with Gasteiger partial charge in [-0.05, 0) is 24.3 Å². The zero-order valence-electron chi connectivity index (χ0n) is 17.8. The standard InChI is InChI=1S/C20H22F4N6O2S/c1-12-10-29(11-14(20(12,23)24)8-27-33(2,31)32)18-7-13(5-6-25-18)16-9-26-17-4-3-15(19(21)22)28-30(16)17/h3-7,9,12,14,19,27H,8,10-11H2,1-2H3. The Morgan fingerprint density at radius 1 is 1.21 bits per heavy atom. The van der Waals surface area contributed by atoms with Crippen molar-refractivity contribution in [1.29, 1.82) is 0 Å². The predicted octanol–water partition coefficient (Wildman–Crippen LogP) is 2.99. The molecule has 1 fully saturated rings. The van der Waals surface area contributed by atoms with Gasteiger partial charge in [0.2, 0.25) is 10.0 Å². The molecule has 0 aromatic carbocycles. The molecule has 0 saturated carbocycles. The molecule has 0 bridgehead atoms. The Hall–Kier alpha value is -2.80. The minimum absolute atomic E-state index is 0.0137. The van der Waals surface area contributed by atoms with E-state index in [1.807, 2.05) is 0 Å². The molecule has 33 heavy (non-hydrogen) atoms. The van der Waals surface area contributed by atoms with Crippen LogP contribution < -0.4 is 9.62 Å². The number of nitrogens with zero attached hydrogens (tertiary/aromatic N) is 5. The molecule has 1 N–H and O–H groups in total. The zero-order chi connectivity index (χ0) is 24.0. The molecule has 0 spiro atoms. The first-order valence-electron chi connectivity index (χ1n) is 10.1. The van der Waals surface area contributed by atoms with Crippen molar-refractivity contribution in [3.63, 3.8) is 0 Å². The SMILES string of the molecule is CC1CN(c2cc(-c3cnc4ccc(C(F)F)nn34)ccn2)CC(CNS(C)(=O)=O)C1(F)F. The largest absolute Gasteiger partial charge is 0.356 e. The van der Waals surface area contributed by atoms with Crippen LogP contribution in [0.25, 0.3) is 16.9 Å².